The molecule has 0 fully saturated rings. The van der Waals surface area contributed by atoms with Crippen molar-refractivity contribution in [2.45, 2.75) is 25.3 Å². The lowest BCUT2D eigenvalue weighted by Crippen LogP contribution is -2.11. The molecule has 20 heavy (non-hydrogen) atoms. The van der Waals surface area contributed by atoms with Crippen molar-refractivity contribution in [2.75, 3.05) is 12.0 Å². The minimum atomic E-state index is -0.815. The molecule has 0 amide bonds. The Bertz CT molecular complexity index is 690. The summed E-state index contributed by atoms with van der Waals surface area (Å²) in [4.78, 5) is 4.50. The molecule has 0 aliphatic heterocycles. The molecule has 0 bridgehead atoms. The predicted molar refractivity (Wildman–Crippen MR) is 82.3 cm³/mol. The molecule has 0 N–H and O–H groups in total. The third-order valence-electron chi connectivity index (χ3n) is 3.28. The van der Waals surface area contributed by atoms with Crippen LogP contribution >= 0.6 is 11.6 Å². The molecule has 0 radical (unpaired) electrons. The van der Waals surface area contributed by atoms with Gasteiger partial charge < -0.3 is 4.57 Å². The van der Waals surface area contributed by atoms with Crippen molar-refractivity contribution in [3.63, 3.8) is 0 Å². The normalized spacial score (nSPS) is 14.1. The lowest BCUT2D eigenvalue weighted by Gasteiger charge is -2.16. The number of halogens is 1. The molecular weight excluding hydrogens is 294 g/mol. The monoisotopic (exact) mass is 309 g/mol. The summed E-state index contributed by atoms with van der Waals surface area (Å²) in [6.07, 6.45) is 2.49. The third-order valence-corrected chi connectivity index (χ3v) is 4.32. The van der Waals surface area contributed by atoms with Gasteiger partial charge in [0.05, 0.1) is 28.5 Å². The van der Waals surface area contributed by atoms with Crippen LogP contribution in [-0.4, -0.2) is 25.8 Å². The number of aromatic nitrogens is 2. The van der Waals surface area contributed by atoms with Gasteiger partial charge in [0.15, 0.2) is 0 Å². The van der Waals surface area contributed by atoms with E-state index in [0.29, 0.717) is 17.2 Å². The number of nitriles is 1. The van der Waals surface area contributed by atoms with E-state index < -0.39 is 10.8 Å². The molecule has 2 rings (SSSR count). The molecule has 0 saturated carbocycles. The molecule has 106 valence electrons. The maximum Gasteiger partial charge on any atom is 0.125 e. The highest BCUT2D eigenvalue weighted by atomic mass is 35.5. The highest BCUT2D eigenvalue weighted by Gasteiger charge is 2.16. The fourth-order valence-electron chi connectivity index (χ4n) is 2.26. The Morgan fingerprint density at radius 2 is 2.30 bits per heavy atom. The van der Waals surface area contributed by atoms with Gasteiger partial charge in [0.2, 0.25) is 0 Å². The van der Waals surface area contributed by atoms with E-state index in [9.17, 15) is 4.21 Å². The van der Waals surface area contributed by atoms with Gasteiger partial charge in [-0.1, -0.05) is 0 Å². The van der Waals surface area contributed by atoms with Crippen LogP contribution in [0.15, 0.2) is 18.2 Å². The molecule has 4 nitrogen and oxygen atoms in total. The molecule has 6 heteroatoms. The minimum Gasteiger partial charge on any atom is -0.324 e. The molecule has 1 aromatic heterocycles. The lowest BCUT2D eigenvalue weighted by atomic mass is 10.2. The molecule has 0 aliphatic carbocycles. The van der Waals surface area contributed by atoms with Gasteiger partial charge in [0.25, 0.3) is 0 Å². The topological polar surface area (TPSA) is 58.7 Å². The summed E-state index contributed by atoms with van der Waals surface area (Å²) in [5.74, 6) is 1.74. The maximum atomic E-state index is 11.3. The van der Waals surface area contributed by atoms with Crippen molar-refractivity contribution >= 4 is 33.4 Å². The molecule has 1 aromatic carbocycles. The molecule has 0 spiro atoms. The molecular formula is C14H16ClN3OS. The van der Waals surface area contributed by atoms with Gasteiger partial charge in [-0.05, 0) is 31.5 Å². The second kappa shape index (κ2) is 6.38. The SMILES string of the molecule is CC(CCS(C)=O)n1c(CCl)nc2ccc(C#N)cc21. The van der Waals surface area contributed by atoms with Crippen LogP contribution < -0.4 is 0 Å². The van der Waals surface area contributed by atoms with E-state index in [1.807, 2.05) is 12.1 Å². The van der Waals surface area contributed by atoms with Gasteiger partial charge in [0.1, 0.15) is 5.82 Å². The summed E-state index contributed by atoms with van der Waals surface area (Å²) in [7, 11) is -0.815. The summed E-state index contributed by atoms with van der Waals surface area (Å²) in [5.41, 5.74) is 2.35. The number of fused-ring (bicyclic) bond motifs is 1. The van der Waals surface area contributed by atoms with Gasteiger partial charge in [-0.2, -0.15) is 5.26 Å². The smallest absolute Gasteiger partial charge is 0.125 e. The molecule has 0 aliphatic rings. The largest absolute Gasteiger partial charge is 0.324 e. The Morgan fingerprint density at radius 1 is 1.55 bits per heavy atom. The predicted octanol–water partition coefficient (Wildman–Crippen LogP) is 2.98. The highest BCUT2D eigenvalue weighted by Crippen LogP contribution is 2.25. The Morgan fingerprint density at radius 3 is 2.90 bits per heavy atom. The van der Waals surface area contributed by atoms with Crippen LogP contribution in [0, 0.1) is 11.3 Å². The van der Waals surface area contributed by atoms with Crippen molar-refractivity contribution in [3.05, 3.63) is 29.6 Å². The van der Waals surface area contributed by atoms with Crippen LogP contribution in [0.4, 0.5) is 0 Å². The van der Waals surface area contributed by atoms with Gasteiger partial charge in [-0.3, -0.25) is 4.21 Å². The molecule has 2 aromatic rings. The quantitative estimate of drug-likeness (QED) is 0.798. The van der Waals surface area contributed by atoms with E-state index >= 15 is 0 Å². The zero-order valence-corrected chi connectivity index (χ0v) is 13.0. The number of benzene rings is 1. The first-order valence-electron chi connectivity index (χ1n) is 6.33. The van der Waals surface area contributed by atoms with E-state index in [-0.39, 0.29) is 6.04 Å². The Hall–Kier alpha value is -1.38. The summed E-state index contributed by atoms with van der Waals surface area (Å²) >= 11 is 5.98. The first-order valence-corrected chi connectivity index (χ1v) is 8.60. The highest BCUT2D eigenvalue weighted by molar-refractivity contribution is 7.84. The van der Waals surface area contributed by atoms with Crippen LogP contribution in [0.25, 0.3) is 11.0 Å². The second-order valence-electron chi connectivity index (χ2n) is 4.76. The van der Waals surface area contributed by atoms with Crippen molar-refractivity contribution < 1.29 is 4.21 Å². The fourth-order valence-corrected chi connectivity index (χ4v) is 3.13. The van der Waals surface area contributed by atoms with E-state index in [4.69, 9.17) is 16.9 Å². The number of hydrogen-bond acceptors (Lipinski definition) is 3. The second-order valence-corrected chi connectivity index (χ2v) is 6.58. The average Bonchev–Trinajstić information content (AvgIpc) is 2.81. The molecule has 2 atom stereocenters. The lowest BCUT2D eigenvalue weighted by molar-refractivity contribution is 0.531. The zero-order chi connectivity index (χ0) is 14.7. The molecule has 2 unspecified atom stereocenters. The van der Waals surface area contributed by atoms with Crippen molar-refractivity contribution in [3.8, 4) is 6.07 Å². The van der Waals surface area contributed by atoms with E-state index in [1.165, 1.54) is 0 Å². The summed E-state index contributed by atoms with van der Waals surface area (Å²) < 4.78 is 13.3. The van der Waals surface area contributed by atoms with Gasteiger partial charge in [-0.15, -0.1) is 11.6 Å². The maximum absolute atomic E-state index is 11.3. The number of hydrogen-bond donors (Lipinski definition) is 0. The fraction of sp³-hybridized carbons (Fsp3) is 0.429. The van der Waals surface area contributed by atoms with Crippen molar-refractivity contribution in [2.24, 2.45) is 0 Å². The zero-order valence-electron chi connectivity index (χ0n) is 11.5. The average molecular weight is 310 g/mol. The summed E-state index contributed by atoms with van der Waals surface area (Å²) in [6, 6.07) is 7.71. The Balaban J connectivity index is 2.48. The number of nitrogens with zero attached hydrogens (tertiary/aromatic N) is 3. The number of alkyl halides is 1. The number of imidazole rings is 1. The number of rotatable bonds is 5. The van der Waals surface area contributed by atoms with Crippen LogP contribution in [0.1, 0.15) is 30.8 Å². The van der Waals surface area contributed by atoms with Crippen LogP contribution in [0.2, 0.25) is 0 Å². The summed E-state index contributed by atoms with van der Waals surface area (Å²) in [5, 5.41) is 9.02. The van der Waals surface area contributed by atoms with Gasteiger partial charge in [0, 0.05) is 28.9 Å². The van der Waals surface area contributed by atoms with Gasteiger partial charge >= 0.3 is 0 Å². The van der Waals surface area contributed by atoms with Gasteiger partial charge in [-0.25, -0.2) is 4.98 Å². The van der Waals surface area contributed by atoms with Crippen molar-refractivity contribution in [1.82, 2.24) is 9.55 Å². The first kappa shape index (κ1) is 15.0. The minimum absolute atomic E-state index is 0.145. The van der Waals surface area contributed by atoms with Crippen LogP contribution in [0.5, 0.6) is 0 Å². The standard InChI is InChI=1S/C14H16ClN3OS/c1-10(5-6-20(2)19)18-13-7-11(9-16)3-4-12(13)17-14(18)8-15/h3-4,7,10H,5-6,8H2,1-2H3. The van der Waals surface area contributed by atoms with Crippen molar-refractivity contribution in [1.29, 1.82) is 5.26 Å². The summed E-state index contributed by atoms with van der Waals surface area (Å²) in [6.45, 7) is 2.06. The molecule has 1 heterocycles. The van der Waals surface area contributed by atoms with E-state index in [0.717, 1.165) is 23.3 Å². The van der Waals surface area contributed by atoms with E-state index in [2.05, 4.69) is 22.5 Å². The molecule has 0 saturated heterocycles. The van der Waals surface area contributed by atoms with Crippen LogP contribution in [-0.2, 0) is 16.7 Å². The Kier molecular flexibility index (Phi) is 4.79. The first-order chi connectivity index (χ1) is 9.56. The van der Waals surface area contributed by atoms with Crippen LogP contribution in [0.3, 0.4) is 0 Å². The Labute approximate surface area is 125 Å². The van der Waals surface area contributed by atoms with E-state index in [1.54, 1.807) is 12.3 Å². The third kappa shape index (κ3) is 3.02.